The topological polar surface area (TPSA) is 34.0 Å². The van der Waals surface area contributed by atoms with Gasteiger partial charge in [0.25, 0.3) is 0 Å². The van der Waals surface area contributed by atoms with Crippen molar-refractivity contribution in [1.29, 1.82) is 0 Å². The molecule has 2 fully saturated rings. The Morgan fingerprint density at radius 3 is 2.55 bits per heavy atom. The molecule has 0 bridgehead atoms. The van der Waals surface area contributed by atoms with Gasteiger partial charge in [0.2, 0.25) is 5.91 Å². The molecule has 4 heteroatoms. The van der Waals surface area contributed by atoms with Gasteiger partial charge in [-0.05, 0) is 43.0 Å². The van der Waals surface area contributed by atoms with Crippen molar-refractivity contribution in [3.05, 3.63) is 60.2 Å². The number of ether oxygens (including phenoxy) is 1. The summed E-state index contributed by atoms with van der Waals surface area (Å²) in [5.41, 5.74) is 1.29. The number of carbonyl (C=O) groups is 1. The van der Waals surface area contributed by atoms with E-state index in [2.05, 4.69) is 30.0 Å². The highest BCUT2D eigenvalue weighted by Gasteiger charge is 2.32. The van der Waals surface area contributed by atoms with E-state index in [-0.39, 0.29) is 5.92 Å². The number of nitrogens with one attached hydrogen (secondary N) is 1. The predicted octanol–water partition coefficient (Wildman–Crippen LogP) is 3.53. The Labute approximate surface area is 174 Å². The average Bonchev–Trinajstić information content (AvgIpc) is 2.75. The van der Waals surface area contributed by atoms with Crippen LogP contribution in [0.4, 0.5) is 0 Å². The monoisotopic (exact) mass is 393 g/mol. The summed E-state index contributed by atoms with van der Waals surface area (Å²) < 4.78 is 5.97. The van der Waals surface area contributed by atoms with Gasteiger partial charge in [-0.25, -0.2) is 0 Å². The molecule has 4 rings (SSSR count). The van der Waals surface area contributed by atoms with Crippen molar-refractivity contribution in [2.75, 3.05) is 26.2 Å². The number of benzene rings is 2. The molecule has 1 N–H and O–H groups in total. The first-order valence-electron chi connectivity index (χ1n) is 11.1. The zero-order valence-electron chi connectivity index (χ0n) is 17.5. The number of hydrogen-bond donors (Lipinski definition) is 1. The van der Waals surface area contributed by atoms with Crippen LogP contribution in [-0.2, 0) is 11.3 Å². The van der Waals surface area contributed by atoms with E-state index in [4.69, 9.17) is 4.74 Å². The van der Waals surface area contributed by atoms with Gasteiger partial charge in [-0.15, -0.1) is 0 Å². The number of rotatable bonds is 5. The highest BCUT2D eigenvalue weighted by molar-refractivity contribution is 5.79. The van der Waals surface area contributed by atoms with Crippen LogP contribution in [0.5, 0.6) is 11.5 Å². The summed E-state index contributed by atoms with van der Waals surface area (Å²) in [6.45, 7) is 7.33. The Hall–Kier alpha value is -2.33. The molecule has 4 nitrogen and oxygen atoms in total. The molecule has 0 spiro atoms. The lowest BCUT2D eigenvalue weighted by Crippen LogP contribution is -3.11. The van der Waals surface area contributed by atoms with Gasteiger partial charge in [0.1, 0.15) is 18.0 Å². The van der Waals surface area contributed by atoms with E-state index >= 15 is 0 Å². The van der Waals surface area contributed by atoms with Crippen molar-refractivity contribution >= 4 is 5.91 Å². The van der Waals surface area contributed by atoms with Crippen LogP contribution in [0.3, 0.4) is 0 Å². The number of carbonyl (C=O) groups excluding carboxylic acids is 1. The Morgan fingerprint density at radius 1 is 1.03 bits per heavy atom. The van der Waals surface area contributed by atoms with E-state index in [0.717, 1.165) is 57.1 Å². The number of piperidine rings is 2. The first-order chi connectivity index (χ1) is 14.2. The molecule has 154 valence electrons. The lowest BCUT2D eigenvalue weighted by Gasteiger charge is -2.36. The second-order valence-corrected chi connectivity index (χ2v) is 8.80. The molecule has 29 heavy (non-hydrogen) atoms. The van der Waals surface area contributed by atoms with Crippen molar-refractivity contribution in [3.8, 4) is 11.5 Å². The van der Waals surface area contributed by atoms with E-state index in [1.54, 1.807) is 4.90 Å². The third kappa shape index (κ3) is 5.39. The van der Waals surface area contributed by atoms with Crippen LogP contribution in [0, 0.1) is 11.8 Å². The molecule has 0 aliphatic carbocycles. The normalized spacial score (nSPS) is 24.9. The second-order valence-electron chi connectivity index (χ2n) is 8.80. The van der Waals surface area contributed by atoms with Crippen LogP contribution in [0.1, 0.15) is 38.2 Å². The Balaban J connectivity index is 1.28. The summed E-state index contributed by atoms with van der Waals surface area (Å²) in [6, 6.07) is 18.3. The molecule has 2 aliphatic rings. The standard InChI is InChI=1S/C25H32N2O2/c1-20-7-6-14-27(18-20)25(28)22-12-15-26(16-13-22)19-21-8-5-11-24(17-21)29-23-9-3-2-4-10-23/h2-5,8-11,17,20,22H,6-7,12-16,18-19H2,1H3/p+1/t20-/m0/s1. The van der Waals surface area contributed by atoms with Crippen molar-refractivity contribution in [3.63, 3.8) is 0 Å². The fourth-order valence-corrected chi connectivity index (χ4v) is 4.73. The quantitative estimate of drug-likeness (QED) is 0.843. The number of quaternary nitrogens is 1. The smallest absolute Gasteiger partial charge is 0.226 e. The van der Waals surface area contributed by atoms with Gasteiger partial charge >= 0.3 is 0 Å². The number of hydrogen-bond acceptors (Lipinski definition) is 2. The van der Waals surface area contributed by atoms with Crippen LogP contribution < -0.4 is 9.64 Å². The summed E-state index contributed by atoms with van der Waals surface area (Å²) >= 11 is 0. The second kappa shape index (κ2) is 9.45. The van der Waals surface area contributed by atoms with Gasteiger partial charge in [0.15, 0.2) is 0 Å². The van der Waals surface area contributed by atoms with Crippen molar-refractivity contribution < 1.29 is 14.4 Å². The number of para-hydroxylation sites is 1. The first kappa shape index (κ1) is 20.0. The van der Waals surface area contributed by atoms with Gasteiger partial charge in [0, 0.05) is 37.4 Å². The van der Waals surface area contributed by atoms with Gasteiger partial charge in [-0.3, -0.25) is 4.79 Å². The minimum absolute atomic E-state index is 0.233. The van der Waals surface area contributed by atoms with Crippen LogP contribution in [0.2, 0.25) is 0 Å². The maximum Gasteiger partial charge on any atom is 0.226 e. The van der Waals surface area contributed by atoms with Crippen LogP contribution >= 0.6 is 0 Å². The summed E-state index contributed by atoms with van der Waals surface area (Å²) in [4.78, 5) is 16.6. The van der Waals surface area contributed by atoms with Crippen molar-refractivity contribution in [2.45, 2.75) is 39.2 Å². The maximum atomic E-state index is 12.9. The third-order valence-electron chi connectivity index (χ3n) is 6.34. The van der Waals surface area contributed by atoms with E-state index in [0.29, 0.717) is 11.8 Å². The lowest BCUT2D eigenvalue weighted by atomic mass is 9.92. The summed E-state index contributed by atoms with van der Waals surface area (Å²) in [7, 11) is 0. The SMILES string of the molecule is C[C@H]1CCCN(C(=O)C2CC[NH+](Cc3cccc(Oc4ccccc4)c3)CC2)C1. The molecule has 1 atom stereocenters. The van der Waals surface area contributed by atoms with Gasteiger partial charge in [0.05, 0.1) is 13.1 Å². The molecule has 0 saturated carbocycles. The summed E-state index contributed by atoms with van der Waals surface area (Å²) in [5, 5.41) is 0. The summed E-state index contributed by atoms with van der Waals surface area (Å²) in [6.07, 6.45) is 4.45. The highest BCUT2D eigenvalue weighted by Crippen LogP contribution is 2.23. The molecule has 0 aromatic heterocycles. The molecule has 2 aliphatic heterocycles. The van der Waals surface area contributed by atoms with Crippen LogP contribution in [0.15, 0.2) is 54.6 Å². The molecular weight excluding hydrogens is 360 g/mol. The zero-order chi connectivity index (χ0) is 20.1. The largest absolute Gasteiger partial charge is 0.457 e. The Kier molecular flexibility index (Phi) is 6.50. The molecule has 2 heterocycles. The minimum Gasteiger partial charge on any atom is -0.457 e. The van der Waals surface area contributed by atoms with Crippen molar-refractivity contribution in [1.82, 2.24) is 4.90 Å². The molecule has 0 unspecified atom stereocenters. The number of amides is 1. The number of nitrogens with zero attached hydrogens (tertiary/aromatic N) is 1. The van der Waals surface area contributed by atoms with Gasteiger partial charge in [-0.1, -0.05) is 37.3 Å². The fourth-order valence-electron chi connectivity index (χ4n) is 4.73. The van der Waals surface area contributed by atoms with Crippen molar-refractivity contribution in [2.24, 2.45) is 11.8 Å². The first-order valence-corrected chi connectivity index (χ1v) is 11.1. The maximum absolute atomic E-state index is 12.9. The van der Waals surface area contributed by atoms with Crippen LogP contribution in [-0.4, -0.2) is 37.0 Å². The van der Waals surface area contributed by atoms with E-state index in [9.17, 15) is 4.79 Å². The molecule has 2 aromatic rings. The molecule has 2 aromatic carbocycles. The zero-order valence-corrected chi connectivity index (χ0v) is 17.5. The number of likely N-dealkylation sites (tertiary alicyclic amines) is 2. The van der Waals surface area contributed by atoms with E-state index in [1.165, 1.54) is 18.4 Å². The minimum atomic E-state index is 0.233. The van der Waals surface area contributed by atoms with E-state index < -0.39 is 0 Å². The van der Waals surface area contributed by atoms with Gasteiger partial charge < -0.3 is 14.5 Å². The lowest BCUT2D eigenvalue weighted by molar-refractivity contribution is -0.919. The highest BCUT2D eigenvalue weighted by atomic mass is 16.5. The molecule has 0 radical (unpaired) electrons. The average molecular weight is 394 g/mol. The Bertz CT molecular complexity index is 799. The van der Waals surface area contributed by atoms with Crippen LogP contribution in [0.25, 0.3) is 0 Å². The third-order valence-corrected chi connectivity index (χ3v) is 6.34. The Morgan fingerprint density at radius 2 is 1.79 bits per heavy atom. The van der Waals surface area contributed by atoms with Gasteiger partial charge in [-0.2, -0.15) is 0 Å². The predicted molar refractivity (Wildman–Crippen MR) is 115 cm³/mol. The fraction of sp³-hybridized carbons (Fsp3) is 0.480. The summed E-state index contributed by atoms with van der Waals surface area (Å²) in [5.74, 6) is 3.05. The molecule has 1 amide bonds. The molecular formula is C25H33N2O2+. The van der Waals surface area contributed by atoms with E-state index in [1.807, 2.05) is 36.4 Å². The molecule has 2 saturated heterocycles.